The molecule has 4 nitrogen and oxygen atoms in total. The Kier molecular flexibility index (Phi) is 5.94. The molecule has 1 amide bonds. The Balaban J connectivity index is 1.89. The predicted molar refractivity (Wildman–Crippen MR) is 112 cm³/mol. The lowest BCUT2D eigenvalue weighted by Gasteiger charge is -2.13. The third kappa shape index (κ3) is 4.44. The van der Waals surface area contributed by atoms with Crippen molar-refractivity contribution in [2.75, 3.05) is 0 Å². The van der Waals surface area contributed by atoms with Crippen molar-refractivity contribution in [3.05, 3.63) is 94.6 Å². The van der Waals surface area contributed by atoms with Gasteiger partial charge in [0, 0.05) is 17.1 Å². The number of nitrogens with one attached hydrogen (secondary N) is 1. The van der Waals surface area contributed by atoms with Crippen LogP contribution < -0.4 is 5.32 Å². The highest BCUT2D eigenvalue weighted by Gasteiger charge is 2.16. The summed E-state index contributed by atoms with van der Waals surface area (Å²) in [6, 6.07) is 19.5. The summed E-state index contributed by atoms with van der Waals surface area (Å²) in [7, 11) is 0. The van der Waals surface area contributed by atoms with E-state index in [0.29, 0.717) is 5.69 Å². The minimum absolute atomic E-state index is 0.0206. The molecule has 0 aliphatic carbocycles. The van der Waals surface area contributed by atoms with E-state index >= 15 is 0 Å². The third-order valence-corrected chi connectivity index (χ3v) is 4.85. The van der Waals surface area contributed by atoms with Crippen LogP contribution in [-0.4, -0.2) is 10.5 Å². The third-order valence-electron chi connectivity index (χ3n) is 4.85. The van der Waals surface area contributed by atoms with Gasteiger partial charge in [-0.15, -0.1) is 0 Å². The van der Waals surface area contributed by atoms with Crippen LogP contribution in [0.1, 0.15) is 35.5 Å². The Hall–Kier alpha value is -3.65. The van der Waals surface area contributed by atoms with Gasteiger partial charge in [0.25, 0.3) is 5.91 Å². The number of rotatable bonds is 5. The molecule has 1 heterocycles. The molecular formula is C24H22FN3O. The van der Waals surface area contributed by atoms with Gasteiger partial charge in [-0.1, -0.05) is 36.4 Å². The lowest BCUT2D eigenvalue weighted by atomic mass is 10.1. The molecule has 0 spiro atoms. The molecule has 3 aromatic rings. The van der Waals surface area contributed by atoms with Gasteiger partial charge >= 0.3 is 0 Å². The Morgan fingerprint density at radius 2 is 1.86 bits per heavy atom. The maximum Gasteiger partial charge on any atom is 0.262 e. The highest BCUT2D eigenvalue weighted by atomic mass is 19.1. The van der Waals surface area contributed by atoms with E-state index in [-0.39, 0.29) is 17.4 Å². The standard InChI is InChI=1S/C24H22FN3O/c1-16-12-20(18(3)28(16)23-11-7-10-22(25)14-23)13-21(15-26)24(29)27-17(2)19-8-5-4-6-9-19/h4-14,17H,1-3H3,(H,27,29)/b21-13-/t17-/m1/s1. The quantitative estimate of drug-likeness (QED) is 0.494. The Morgan fingerprint density at radius 1 is 1.14 bits per heavy atom. The van der Waals surface area contributed by atoms with Crippen molar-refractivity contribution in [1.29, 1.82) is 5.26 Å². The van der Waals surface area contributed by atoms with Gasteiger partial charge in [-0.3, -0.25) is 4.79 Å². The first kappa shape index (κ1) is 20.1. The molecule has 0 aliphatic heterocycles. The van der Waals surface area contributed by atoms with Crippen molar-refractivity contribution < 1.29 is 9.18 Å². The van der Waals surface area contributed by atoms with Gasteiger partial charge in [0.1, 0.15) is 17.5 Å². The molecule has 1 atom stereocenters. The van der Waals surface area contributed by atoms with Crippen molar-refractivity contribution in [3.63, 3.8) is 0 Å². The molecule has 2 aromatic carbocycles. The van der Waals surface area contributed by atoms with Gasteiger partial charge in [0.05, 0.1) is 6.04 Å². The van der Waals surface area contributed by atoms with Gasteiger partial charge < -0.3 is 9.88 Å². The largest absolute Gasteiger partial charge is 0.345 e. The smallest absolute Gasteiger partial charge is 0.262 e. The van der Waals surface area contributed by atoms with Crippen LogP contribution in [0.15, 0.2) is 66.2 Å². The van der Waals surface area contributed by atoms with Gasteiger partial charge in [-0.2, -0.15) is 5.26 Å². The number of carbonyl (C=O) groups excluding carboxylic acids is 1. The molecule has 1 N–H and O–H groups in total. The number of halogens is 1. The highest BCUT2D eigenvalue weighted by molar-refractivity contribution is 6.02. The van der Waals surface area contributed by atoms with Gasteiger partial charge in [-0.25, -0.2) is 4.39 Å². The zero-order valence-corrected chi connectivity index (χ0v) is 16.6. The van der Waals surface area contributed by atoms with Gasteiger partial charge in [-0.05, 0) is 62.2 Å². The van der Waals surface area contributed by atoms with E-state index in [2.05, 4.69) is 5.32 Å². The molecule has 0 radical (unpaired) electrons. The van der Waals surface area contributed by atoms with E-state index in [4.69, 9.17) is 0 Å². The maximum atomic E-state index is 13.6. The van der Waals surface area contributed by atoms with Crippen LogP contribution in [-0.2, 0) is 4.79 Å². The number of hydrogen-bond donors (Lipinski definition) is 1. The van der Waals surface area contributed by atoms with Crippen molar-refractivity contribution in [2.24, 2.45) is 0 Å². The van der Waals surface area contributed by atoms with E-state index in [1.807, 2.05) is 73.9 Å². The van der Waals surface area contributed by atoms with Crippen LogP contribution in [0.3, 0.4) is 0 Å². The normalized spacial score (nSPS) is 12.3. The zero-order chi connectivity index (χ0) is 21.0. The first-order valence-electron chi connectivity index (χ1n) is 9.33. The average molecular weight is 387 g/mol. The Morgan fingerprint density at radius 3 is 2.52 bits per heavy atom. The number of aromatic nitrogens is 1. The van der Waals surface area contributed by atoms with Crippen LogP contribution in [0, 0.1) is 31.0 Å². The van der Waals surface area contributed by atoms with Gasteiger partial charge in [0.15, 0.2) is 0 Å². The average Bonchev–Trinajstić information content (AvgIpc) is 2.99. The van der Waals surface area contributed by atoms with Crippen LogP contribution in [0.4, 0.5) is 4.39 Å². The van der Waals surface area contributed by atoms with E-state index in [1.165, 1.54) is 12.1 Å². The molecule has 0 saturated heterocycles. The molecule has 0 fully saturated rings. The second-order valence-corrected chi connectivity index (χ2v) is 6.92. The summed E-state index contributed by atoms with van der Waals surface area (Å²) in [6.45, 7) is 5.65. The number of aryl methyl sites for hydroxylation is 1. The number of nitrogens with zero attached hydrogens (tertiary/aromatic N) is 2. The number of nitriles is 1. The van der Waals surface area contributed by atoms with E-state index in [9.17, 15) is 14.4 Å². The summed E-state index contributed by atoms with van der Waals surface area (Å²) >= 11 is 0. The molecule has 0 aliphatic rings. The molecule has 0 bridgehead atoms. The Bertz CT molecular complexity index is 1110. The monoisotopic (exact) mass is 387 g/mol. The second-order valence-electron chi connectivity index (χ2n) is 6.92. The number of carbonyl (C=O) groups is 1. The lowest BCUT2D eigenvalue weighted by molar-refractivity contribution is -0.117. The van der Waals surface area contributed by atoms with E-state index in [1.54, 1.807) is 12.1 Å². The highest BCUT2D eigenvalue weighted by Crippen LogP contribution is 2.23. The molecule has 0 unspecified atom stereocenters. The SMILES string of the molecule is Cc1cc(/C=C(/C#N)C(=O)N[C@H](C)c2ccccc2)c(C)n1-c1cccc(F)c1. The van der Waals surface area contributed by atoms with Crippen molar-refractivity contribution in [3.8, 4) is 11.8 Å². The first-order valence-corrected chi connectivity index (χ1v) is 9.33. The lowest BCUT2D eigenvalue weighted by Crippen LogP contribution is -2.27. The first-order chi connectivity index (χ1) is 13.9. The summed E-state index contributed by atoms with van der Waals surface area (Å²) in [6.07, 6.45) is 1.57. The molecular weight excluding hydrogens is 365 g/mol. The maximum absolute atomic E-state index is 13.6. The fourth-order valence-corrected chi connectivity index (χ4v) is 3.35. The minimum atomic E-state index is -0.431. The molecule has 146 valence electrons. The predicted octanol–water partition coefficient (Wildman–Crippen LogP) is 5.02. The minimum Gasteiger partial charge on any atom is -0.345 e. The number of hydrogen-bond acceptors (Lipinski definition) is 2. The van der Waals surface area contributed by atoms with Crippen LogP contribution in [0.2, 0.25) is 0 Å². The van der Waals surface area contributed by atoms with Crippen molar-refractivity contribution in [2.45, 2.75) is 26.8 Å². The number of benzene rings is 2. The molecule has 0 saturated carbocycles. The summed E-state index contributed by atoms with van der Waals surface area (Å²) in [5.74, 6) is -0.751. The molecule has 5 heteroatoms. The zero-order valence-electron chi connectivity index (χ0n) is 16.6. The molecule has 29 heavy (non-hydrogen) atoms. The van der Waals surface area contributed by atoms with Crippen LogP contribution in [0.5, 0.6) is 0 Å². The van der Waals surface area contributed by atoms with Crippen LogP contribution in [0.25, 0.3) is 11.8 Å². The molecule has 1 aromatic heterocycles. The fraction of sp³-hybridized carbons (Fsp3) is 0.167. The Labute approximate surface area is 169 Å². The summed E-state index contributed by atoms with van der Waals surface area (Å²) < 4.78 is 15.5. The second kappa shape index (κ2) is 8.57. The topological polar surface area (TPSA) is 57.8 Å². The summed E-state index contributed by atoms with van der Waals surface area (Å²) in [5, 5.41) is 12.4. The van der Waals surface area contributed by atoms with Crippen molar-refractivity contribution >= 4 is 12.0 Å². The number of amides is 1. The van der Waals surface area contributed by atoms with E-state index in [0.717, 1.165) is 22.5 Å². The fourth-order valence-electron chi connectivity index (χ4n) is 3.35. The van der Waals surface area contributed by atoms with Crippen LogP contribution >= 0.6 is 0 Å². The summed E-state index contributed by atoms with van der Waals surface area (Å²) in [5.41, 5.74) is 4.13. The van der Waals surface area contributed by atoms with E-state index < -0.39 is 5.91 Å². The summed E-state index contributed by atoms with van der Waals surface area (Å²) in [4.78, 5) is 12.6. The molecule has 3 rings (SSSR count). The van der Waals surface area contributed by atoms with Gasteiger partial charge in [0.2, 0.25) is 0 Å². The van der Waals surface area contributed by atoms with Crippen molar-refractivity contribution in [1.82, 2.24) is 9.88 Å².